The molecule has 0 bridgehead atoms. The normalized spacial score (nSPS) is 21.2. The summed E-state index contributed by atoms with van der Waals surface area (Å²) in [5, 5.41) is 12.4. The van der Waals surface area contributed by atoms with E-state index >= 15 is 0 Å². The van der Waals surface area contributed by atoms with E-state index in [1.807, 2.05) is 60.5 Å². The second kappa shape index (κ2) is 20.5. The molecule has 19 heteroatoms. The molecule has 2 saturated carbocycles. The van der Waals surface area contributed by atoms with Crippen molar-refractivity contribution >= 4 is 52.5 Å². The minimum absolute atomic E-state index is 0.0267. The van der Waals surface area contributed by atoms with Gasteiger partial charge in [-0.15, -0.1) is 0 Å². The maximum absolute atomic E-state index is 12.8. The predicted molar refractivity (Wildman–Crippen MR) is 225 cm³/mol. The Bertz CT molecular complexity index is 1970. The fourth-order valence-corrected chi connectivity index (χ4v) is 7.42. The second-order valence-electron chi connectivity index (χ2n) is 17.4. The monoisotopic (exact) mass is 886 g/mol. The third-order valence-corrected chi connectivity index (χ3v) is 10.2. The standard InChI is InChI=1S/C21H27F3N4O2.C11H22N2O2.C10H8ClF3N2/c1-20(2,3)30-19(29)27-14-6-7-15(10-14)28(4)18-16-9-13(11-21(22,23)24)5-8-17(16)25-12-26-18;1-11(2,3)15-10(14)13-9-6-5-8(7-9)12-4;11-9-7-3-6(4-10(12,13)14)1-2-8(7)15-5-16-9/h5,8-9,12,14-15H,6-7,10-11H2,1-4H3,(H,27,29);8-9,12H,5-7H2,1-4H3,(H,13,14);1-3,5,9H,4H2,(H,15,16)/t14-,15+;8-,9+;/m01./s1. The van der Waals surface area contributed by atoms with Gasteiger partial charge in [-0.25, -0.2) is 19.6 Å². The lowest BCUT2D eigenvalue weighted by Gasteiger charge is -2.27. The van der Waals surface area contributed by atoms with E-state index < -0.39 is 48.0 Å². The number of fused-ring (bicyclic) bond motifs is 2. The van der Waals surface area contributed by atoms with E-state index in [1.54, 1.807) is 12.1 Å². The van der Waals surface area contributed by atoms with Gasteiger partial charge in [0, 0.05) is 47.9 Å². The number of carbonyl (C=O) groups excluding carboxylic acids is 2. The summed E-state index contributed by atoms with van der Waals surface area (Å²) in [6.07, 6.45) is -2.86. The van der Waals surface area contributed by atoms with Crippen molar-refractivity contribution < 1.29 is 45.4 Å². The fourth-order valence-electron chi connectivity index (χ4n) is 7.18. The van der Waals surface area contributed by atoms with Crippen LogP contribution in [0.25, 0.3) is 10.9 Å². The Morgan fingerprint density at radius 2 is 1.33 bits per heavy atom. The highest BCUT2D eigenvalue weighted by atomic mass is 35.5. The molecule has 61 heavy (non-hydrogen) atoms. The first kappa shape index (κ1) is 49.1. The Morgan fingerprint density at radius 3 is 1.89 bits per heavy atom. The molecule has 0 radical (unpaired) electrons. The first-order valence-corrected chi connectivity index (χ1v) is 20.5. The quantitative estimate of drug-likeness (QED) is 0.104. The molecule has 1 aromatic heterocycles. The summed E-state index contributed by atoms with van der Waals surface area (Å²) >= 11 is 5.87. The number of ether oxygens (including phenoxy) is 2. The van der Waals surface area contributed by atoms with E-state index in [0.29, 0.717) is 40.4 Å². The molecule has 3 aromatic rings. The highest BCUT2D eigenvalue weighted by molar-refractivity contribution is 6.22. The van der Waals surface area contributed by atoms with Crippen LogP contribution in [-0.4, -0.2) is 90.3 Å². The Balaban J connectivity index is 0.000000222. The number of anilines is 2. The van der Waals surface area contributed by atoms with Gasteiger partial charge in [-0.2, -0.15) is 26.3 Å². The van der Waals surface area contributed by atoms with Gasteiger partial charge in [-0.05, 0) is 123 Å². The van der Waals surface area contributed by atoms with E-state index in [0.717, 1.165) is 32.1 Å². The topological polar surface area (TPSA) is 142 Å². The maximum Gasteiger partial charge on any atom is 0.407 e. The van der Waals surface area contributed by atoms with Gasteiger partial charge in [0.25, 0.3) is 0 Å². The van der Waals surface area contributed by atoms with Crippen LogP contribution >= 0.6 is 11.6 Å². The molecule has 338 valence electrons. The van der Waals surface area contributed by atoms with Crippen LogP contribution in [0.15, 0.2) is 47.7 Å². The van der Waals surface area contributed by atoms with Crippen molar-refractivity contribution in [1.29, 1.82) is 0 Å². The van der Waals surface area contributed by atoms with Gasteiger partial charge in [0.15, 0.2) is 5.50 Å². The molecule has 2 fully saturated rings. The lowest BCUT2D eigenvalue weighted by atomic mass is 10.1. The molecule has 1 aliphatic heterocycles. The second-order valence-corrected chi connectivity index (χ2v) is 17.8. The van der Waals surface area contributed by atoms with E-state index in [4.69, 9.17) is 21.1 Å². The van der Waals surface area contributed by atoms with Crippen LogP contribution in [0.4, 0.5) is 47.4 Å². The van der Waals surface area contributed by atoms with E-state index in [9.17, 15) is 35.9 Å². The fraction of sp³-hybridized carbons (Fsp3) is 0.595. The molecule has 4 N–H and O–H groups in total. The van der Waals surface area contributed by atoms with Crippen LogP contribution in [0, 0.1) is 0 Å². The van der Waals surface area contributed by atoms with Crippen LogP contribution in [0.1, 0.15) is 102 Å². The molecule has 2 aromatic carbocycles. The summed E-state index contributed by atoms with van der Waals surface area (Å²) in [6, 6.07) is 9.86. The first-order valence-electron chi connectivity index (χ1n) is 20.1. The number of alkyl halides is 7. The summed E-state index contributed by atoms with van der Waals surface area (Å²) in [5.74, 6) is 0.590. The predicted octanol–water partition coefficient (Wildman–Crippen LogP) is 9.75. The largest absolute Gasteiger partial charge is 0.444 e. The van der Waals surface area contributed by atoms with Gasteiger partial charge in [0.1, 0.15) is 23.3 Å². The zero-order chi connectivity index (χ0) is 45.3. The van der Waals surface area contributed by atoms with Crippen LogP contribution in [0.3, 0.4) is 0 Å². The van der Waals surface area contributed by atoms with Gasteiger partial charge in [0.05, 0.1) is 24.7 Å². The molecular formula is C42H57ClF6N8O4. The molecule has 3 aliphatic rings. The zero-order valence-electron chi connectivity index (χ0n) is 35.7. The summed E-state index contributed by atoms with van der Waals surface area (Å²) in [6.45, 7) is 11.0. The van der Waals surface area contributed by atoms with Crippen molar-refractivity contribution in [3.8, 4) is 0 Å². The molecule has 5 atom stereocenters. The molecule has 0 spiro atoms. The number of amides is 2. The molecule has 2 aliphatic carbocycles. The van der Waals surface area contributed by atoms with E-state index in [1.165, 1.54) is 36.9 Å². The lowest BCUT2D eigenvalue weighted by molar-refractivity contribution is -0.128. The highest BCUT2D eigenvalue weighted by Gasteiger charge is 2.33. The summed E-state index contributed by atoms with van der Waals surface area (Å²) in [7, 11) is 3.83. The molecule has 6 rings (SSSR count). The third-order valence-electron chi connectivity index (χ3n) is 9.86. The maximum atomic E-state index is 12.8. The van der Waals surface area contributed by atoms with Gasteiger partial charge < -0.3 is 35.6 Å². The van der Waals surface area contributed by atoms with Gasteiger partial charge in [0.2, 0.25) is 0 Å². The number of benzene rings is 2. The minimum atomic E-state index is -4.28. The van der Waals surface area contributed by atoms with Crippen molar-refractivity contribution in [3.63, 3.8) is 0 Å². The average molecular weight is 887 g/mol. The number of hydrogen-bond donors (Lipinski definition) is 4. The Hall–Kier alpha value is -4.58. The highest BCUT2D eigenvalue weighted by Crippen LogP contribution is 2.34. The zero-order valence-corrected chi connectivity index (χ0v) is 36.5. The van der Waals surface area contributed by atoms with Crippen LogP contribution in [0.2, 0.25) is 0 Å². The number of halogens is 7. The first-order chi connectivity index (χ1) is 28.3. The molecular weight excluding hydrogens is 830 g/mol. The van der Waals surface area contributed by atoms with Crippen molar-refractivity contribution in [2.45, 2.75) is 146 Å². The van der Waals surface area contributed by atoms with Crippen LogP contribution in [-0.2, 0) is 22.3 Å². The third kappa shape index (κ3) is 16.7. The molecule has 12 nitrogen and oxygen atoms in total. The number of nitrogens with one attached hydrogen (secondary N) is 4. The van der Waals surface area contributed by atoms with Crippen LogP contribution < -0.4 is 26.2 Å². The number of alkyl carbamates (subject to hydrolysis) is 2. The smallest absolute Gasteiger partial charge is 0.407 e. The van der Waals surface area contributed by atoms with Gasteiger partial charge in [-0.3, -0.25) is 4.99 Å². The Labute approximate surface area is 358 Å². The molecule has 2 heterocycles. The van der Waals surface area contributed by atoms with Crippen molar-refractivity contribution in [2.24, 2.45) is 4.99 Å². The number of aliphatic imine (C=N–C) groups is 1. The van der Waals surface area contributed by atoms with Gasteiger partial charge in [-0.1, -0.05) is 23.7 Å². The number of nitrogens with zero attached hydrogens (tertiary/aromatic N) is 4. The van der Waals surface area contributed by atoms with E-state index in [2.05, 4.69) is 36.2 Å². The summed E-state index contributed by atoms with van der Waals surface area (Å²) < 4.78 is 85.5. The van der Waals surface area contributed by atoms with Gasteiger partial charge >= 0.3 is 24.5 Å². The SMILES string of the molecule is CN(c1ncnc2ccc(CC(F)(F)F)cc12)[C@@H]1CC[C@H](NC(=O)OC(C)(C)C)C1.CN[C@@H]1CC[C@H](NC(=O)OC(C)(C)C)C1.FC(F)(F)Cc1ccc2c(c1)C(Cl)N=CN2. The molecule has 0 saturated heterocycles. The molecule has 1 unspecified atom stereocenters. The summed E-state index contributed by atoms with van der Waals surface area (Å²) in [5.41, 5.74) is 0.638. The van der Waals surface area contributed by atoms with Crippen molar-refractivity contribution in [1.82, 2.24) is 25.9 Å². The van der Waals surface area contributed by atoms with Crippen molar-refractivity contribution in [3.05, 3.63) is 59.4 Å². The minimum Gasteiger partial charge on any atom is -0.444 e. The van der Waals surface area contributed by atoms with Crippen molar-refractivity contribution in [2.75, 3.05) is 24.3 Å². The number of carbonyl (C=O) groups is 2. The average Bonchev–Trinajstić information content (AvgIpc) is 3.78. The van der Waals surface area contributed by atoms with Crippen LogP contribution in [0.5, 0.6) is 0 Å². The number of hydrogen-bond acceptors (Lipinski definition) is 10. The number of aromatic nitrogens is 2. The summed E-state index contributed by atoms with van der Waals surface area (Å²) in [4.78, 5) is 37.8. The Kier molecular flexibility index (Phi) is 16.5. The van der Waals surface area contributed by atoms with E-state index in [-0.39, 0.29) is 35.3 Å². The lowest BCUT2D eigenvalue weighted by Crippen LogP contribution is -2.39. The molecule has 2 amide bonds. The Morgan fingerprint density at radius 1 is 0.787 bits per heavy atom. The number of rotatable bonds is 7.